The average Bonchev–Trinajstić information content (AvgIpc) is 1.89. The van der Waals surface area contributed by atoms with E-state index in [2.05, 4.69) is 13.5 Å². The van der Waals surface area contributed by atoms with Crippen LogP contribution in [-0.4, -0.2) is 24.7 Å². The summed E-state index contributed by atoms with van der Waals surface area (Å²) in [5.74, 6) is 0. The maximum absolute atomic E-state index is 5.30. The molecule has 0 aromatic carbocycles. The van der Waals surface area contributed by atoms with Gasteiger partial charge in [0.25, 0.3) is 0 Å². The first kappa shape index (κ1) is 9.39. The van der Waals surface area contributed by atoms with Crippen molar-refractivity contribution in [2.45, 2.75) is 32.4 Å². The van der Waals surface area contributed by atoms with Gasteiger partial charge in [-0.2, -0.15) is 0 Å². The second-order valence-corrected chi connectivity index (χ2v) is 11.1. The largest absolute Gasteiger partial charge is 0.427 e. The molecule has 0 bridgehead atoms. The van der Waals surface area contributed by atoms with E-state index in [0.29, 0.717) is 0 Å². The molecule has 0 spiro atoms. The fourth-order valence-electron chi connectivity index (χ4n) is 0.800. The zero-order chi connectivity index (χ0) is 7.11. The molecule has 0 N–H and O–H groups in total. The maximum Gasteiger partial charge on any atom is 0.154 e. The summed E-state index contributed by atoms with van der Waals surface area (Å²) in [5, 5.41) is 0. The van der Waals surface area contributed by atoms with Crippen LogP contribution in [0.1, 0.15) is 19.8 Å². The van der Waals surface area contributed by atoms with Crippen LogP contribution in [0.4, 0.5) is 0 Å². The van der Waals surface area contributed by atoms with E-state index in [1.165, 1.54) is 18.9 Å². The van der Waals surface area contributed by atoms with Gasteiger partial charge in [0.15, 0.2) is 8.56 Å². The molecule has 9 heavy (non-hydrogen) atoms. The molecule has 0 aliphatic carbocycles. The zero-order valence-corrected chi connectivity index (χ0v) is 9.38. The smallest absolute Gasteiger partial charge is 0.154 e. The van der Waals surface area contributed by atoms with Crippen LogP contribution in [-0.2, 0) is 4.43 Å². The van der Waals surface area contributed by atoms with Crippen molar-refractivity contribution >= 4 is 17.6 Å². The Kier molecular flexibility index (Phi) is 6.80. The first-order chi connectivity index (χ1) is 4.31. The van der Waals surface area contributed by atoms with Crippen LogP contribution in [0.5, 0.6) is 0 Å². The lowest BCUT2D eigenvalue weighted by molar-refractivity contribution is 0.439. The summed E-state index contributed by atoms with van der Waals surface area (Å²) in [6.07, 6.45) is 2.80. The number of hydrogen-bond donors (Lipinski definition) is 0. The summed E-state index contributed by atoms with van der Waals surface area (Å²) in [5.41, 5.74) is 0. The van der Waals surface area contributed by atoms with Crippen molar-refractivity contribution in [3.05, 3.63) is 0 Å². The van der Waals surface area contributed by atoms with Crippen molar-refractivity contribution in [2.75, 3.05) is 7.11 Å². The Morgan fingerprint density at radius 3 is 2.67 bits per heavy atom. The molecule has 1 unspecified atom stereocenters. The van der Waals surface area contributed by atoms with Gasteiger partial charge in [-0.3, -0.25) is 0 Å². The number of hydrogen-bond acceptors (Lipinski definition) is 1. The Labute approximate surface area is 62.1 Å². The van der Waals surface area contributed by atoms with Crippen molar-refractivity contribution in [3.63, 3.8) is 0 Å². The predicted molar refractivity (Wildman–Crippen MR) is 48.3 cm³/mol. The van der Waals surface area contributed by atoms with Gasteiger partial charge in [0.05, 0.1) is 0 Å². The SMILES string of the molecule is CCCC[SiH2][SiH](C)OC. The lowest BCUT2D eigenvalue weighted by Gasteiger charge is -2.04. The molecule has 0 aromatic heterocycles. The molecule has 1 atom stereocenters. The summed E-state index contributed by atoms with van der Waals surface area (Å²) in [4.78, 5) is 0. The Balaban J connectivity index is 2.88. The quantitative estimate of drug-likeness (QED) is 0.431. The number of rotatable bonds is 5. The van der Waals surface area contributed by atoms with Gasteiger partial charge in [-0.15, -0.1) is 0 Å². The van der Waals surface area contributed by atoms with Crippen molar-refractivity contribution in [3.8, 4) is 0 Å². The molecule has 0 radical (unpaired) electrons. The molecule has 0 aliphatic heterocycles. The third kappa shape index (κ3) is 6.28. The zero-order valence-electron chi connectivity index (χ0n) is 6.81. The molecule has 3 heteroatoms. The highest BCUT2D eigenvalue weighted by atomic mass is 29.2. The van der Waals surface area contributed by atoms with E-state index in [1.54, 1.807) is 0 Å². The van der Waals surface area contributed by atoms with Gasteiger partial charge in [0.1, 0.15) is 0 Å². The Morgan fingerprint density at radius 1 is 1.56 bits per heavy atom. The number of unbranched alkanes of at least 4 members (excludes halogenated alkanes) is 1. The Bertz CT molecular complexity index is 59.0. The van der Waals surface area contributed by atoms with E-state index in [0.717, 1.165) is 0 Å². The van der Waals surface area contributed by atoms with Crippen molar-refractivity contribution in [1.29, 1.82) is 0 Å². The molecule has 0 fully saturated rings. The van der Waals surface area contributed by atoms with Crippen LogP contribution in [0.15, 0.2) is 0 Å². The van der Waals surface area contributed by atoms with E-state index in [1.807, 2.05) is 7.11 Å². The van der Waals surface area contributed by atoms with Gasteiger partial charge in [0.2, 0.25) is 0 Å². The summed E-state index contributed by atoms with van der Waals surface area (Å²) in [6.45, 7) is 4.58. The molecular formula is C6H18OSi2. The van der Waals surface area contributed by atoms with Gasteiger partial charge in [0, 0.05) is 16.1 Å². The highest BCUT2D eigenvalue weighted by molar-refractivity contribution is 7.08. The van der Waals surface area contributed by atoms with E-state index >= 15 is 0 Å². The Morgan fingerprint density at radius 2 is 2.22 bits per heavy atom. The van der Waals surface area contributed by atoms with Gasteiger partial charge in [-0.05, 0) is 0 Å². The highest BCUT2D eigenvalue weighted by Crippen LogP contribution is 1.94. The van der Waals surface area contributed by atoms with Crippen LogP contribution >= 0.6 is 0 Å². The summed E-state index contributed by atoms with van der Waals surface area (Å²) in [7, 11) is 1.54. The molecular weight excluding hydrogens is 144 g/mol. The van der Waals surface area contributed by atoms with Gasteiger partial charge >= 0.3 is 0 Å². The second-order valence-electron chi connectivity index (χ2n) is 2.54. The molecule has 56 valence electrons. The molecule has 0 rings (SSSR count). The van der Waals surface area contributed by atoms with Crippen molar-refractivity contribution < 1.29 is 4.43 Å². The van der Waals surface area contributed by atoms with E-state index < -0.39 is 8.56 Å². The summed E-state index contributed by atoms with van der Waals surface area (Å²) in [6, 6.07) is 1.51. The summed E-state index contributed by atoms with van der Waals surface area (Å²) >= 11 is 0. The van der Waals surface area contributed by atoms with Crippen molar-refractivity contribution in [2.24, 2.45) is 0 Å². The molecule has 1 nitrogen and oxygen atoms in total. The fourth-order valence-corrected chi connectivity index (χ4v) is 5.70. The lowest BCUT2D eigenvalue weighted by atomic mass is 10.4. The van der Waals surface area contributed by atoms with Gasteiger partial charge in [-0.25, -0.2) is 0 Å². The highest BCUT2D eigenvalue weighted by Gasteiger charge is 2.00. The predicted octanol–water partition coefficient (Wildman–Crippen LogP) is 0.870. The van der Waals surface area contributed by atoms with E-state index in [-0.39, 0.29) is 9.04 Å². The fraction of sp³-hybridized carbons (Fsp3) is 1.00. The lowest BCUT2D eigenvalue weighted by Crippen LogP contribution is -2.19. The van der Waals surface area contributed by atoms with E-state index in [4.69, 9.17) is 4.43 Å². The summed E-state index contributed by atoms with van der Waals surface area (Å²) < 4.78 is 5.30. The van der Waals surface area contributed by atoms with E-state index in [9.17, 15) is 0 Å². The molecule has 0 saturated carbocycles. The first-order valence-electron chi connectivity index (χ1n) is 3.84. The molecule has 0 amide bonds. The molecule has 0 aliphatic rings. The standard InChI is InChI=1S/C6H18OSi2/c1-4-5-6-8-9(3)7-2/h9H,4-6,8H2,1-3H3. The molecule has 0 aromatic rings. The Hall–Kier alpha value is 0.394. The van der Waals surface area contributed by atoms with Gasteiger partial charge in [-0.1, -0.05) is 32.4 Å². The third-order valence-corrected chi connectivity index (χ3v) is 8.81. The minimum atomic E-state index is -0.574. The second kappa shape index (κ2) is 6.51. The third-order valence-electron chi connectivity index (χ3n) is 1.62. The van der Waals surface area contributed by atoms with Crippen LogP contribution in [0, 0.1) is 0 Å². The minimum absolute atomic E-state index is 0.241. The molecule has 0 heterocycles. The minimum Gasteiger partial charge on any atom is -0.427 e. The van der Waals surface area contributed by atoms with Crippen LogP contribution in [0.25, 0.3) is 0 Å². The molecule has 0 saturated heterocycles. The van der Waals surface area contributed by atoms with Gasteiger partial charge < -0.3 is 4.43 Å². The monoisotopic (exact) mass is 162 g/mol. The van der Waals surface area contributed by atoms with Crippen LogP contribution < -0.4 is 0 Å². The maximum atomic E-state index is 5.30. The topological polar surface area (TPSA) is 9.23 Å². The van der Waals surface area contributed by atoms with Crippen molar-refractivity contribution in [1.82, 2.24) is 0 Å². The average molecular weight is 162 g/mol. The van der Waals surface area contributed by atoms with Crippen LogP contribution in [0.2, 0.25) is 12.6 Å². The first-order valence-corrected chi connectivity index (χ1v) is 9.73. The normalized spacial score (nSPS) is 15.0. The van der Waals surface area contributed by atoms with Crippen LogP contribution in [0.3, 0.4) is 0 Å².